The number of nitrogens with one attached hydrogen (secondary N) is 1. The number of benzene rings is 1. The molecule has 152 valence electrons. The Labute approximate surface area is 169 Å². The first kappa shape index (κ1) is 19.2. The molecule has 2 bridgehead atoms. The van der Waals surface area contributed by atoms with Crippen molar-refractivity contribution in [3.63, 3.8) is 0 Å². The van der Waals surface area contributed by atoms with Gasteiger partial charge in [0.2, 0.25) is 5.91 Å². The number of ether oxygens (including phenoxy) is 1. The Morgan fingerprint density at radius 2 is 1.90 bits per heavy atom. The molecule has 2 aliphatic rings. The van der Waals surface area contributed by atoms with Crippen LogP contribution in [0.1, 0.15) is 30.5 Å². The zero-order valence-electron chi connectivity index (χ0n) is 16.4. The number of hydrogen-bond donors (Lipinski definition) is 1. The van der Waals surface area contributed by atoms with Crippen LogP contribution in [0.25, 0.3) is 0 Å². The molecule has 0 saturated carbocycles. The van der Waals surface area contributed by atoms with E-state index in [1.807, 2.05) is 45.9 Å². The second kappa shape index (κ2) is 8.11. The van der Waals surface area contributed by atoms with E-state index in [4.69, 9.17) is 4.74 Å². The van der Waals surface area contributed by atoms with Gasteiger partial charge in [-0.2, -0.15) is 0 Å². The summed E-state index contributed by atoms with van der Waals surface area (Å²) in [6.45, 7) is 3.63. The molecule has 2 aliphatic heterocycles. The minimum absolute atomic E-state index is 0.0215. The average molecular weight is 395 g/mol. The summed E-state index contributed by atoms with van der Waals surface area (Å²) in [6.07, 6.45) is 0.373. The van der Waals surface area contributed by atoms with Gasteiger partial charge in [0, 0.05) is 37.3 Å². The van der Waals surface area contributed by atoms with Crippen LogP contribution in [0, 0.1) is 5.92 Å². The summed E-state index contributed by atoms with van der Waals surface area (Å²) in [6, 6.07) is 14.1. The van der Waals surface area contributed by atoms with Crippen LogP contribution < -0.4 is 10.9 Å². The number of piperidine rings is 1. The van der Waals surface area contributed by atoms with Gasteiger partial charge in [-0.15, -0.1) is 0 Å². The van der Waals surface area contributed by atoms with Crippen molar-refractivity contribution >= 4 is 12.0 Å². The van der Waals surface area contributed by atoms with E-state index in [-0.39, 0.29) is 29.9 Å². The van der Waals surface area contributed by atoms with Gasteiger partial charge >= 0.3 is 6.09 Å². The van der Waals surface area contributed by atoms with Crippen molar-refractivity contribution in [1.82, 2.24) is 14.8 Å². The van der Waals surface area contributed by atoms with Crippen molar-refractivity contribution in [1.29, 1.82) is 0 Å². The molecule has 1 aromatic heterocycles. The maximum Gasteiger partial charge on any atom is 0.408 e. The number of likely N-dealkylation sites (tertiary alicyclic amines) is 1. The van der Waals surface area contributed by atoms with E-state index in [0.717, 1.165) is 17.7 Å². The van der Waals surface area contributed by atoms with Crippen molar-refractivity contribution in [2.75, 3.05) is 13.1 Å². The van der Waals surface area contributed by atoms with Gasteiger partial charge in [-0.1, -0.05) is 36.4 Å². The minimum atomic E-state index is -0.671. The van der Waals surface area contributed by atoms with Crippen LogP contribution in [0.2, 0.25) is 0 Å². The van der Waals surface area contributed by atoms with Gasteiger partial charge < -0.3 is 19.5 Å². The van der Waals surface area contributed by atoms with Crippen molar-refractivity contribution in [3.05, 3.63) is 70.1 Å². The lowest BCUT2D eigenvalue weighted by molar-refractivity contribution is -0.135. The molecular weight excluding hydrogens is 370 g/mol. The normalized spacial score (nSPS) is 21.1. The second-order valence-electron chi connectivity index (χ2n) is 7.87. The van der Waals surface area contributed by atoms with E-state index in [0.29, 0.717) is 19.6 Å². The molecule has 0 aliphatic carbocycles. The number of pyridine rings is 1. The third kappa shape index (κ3) is 4.18. The predicted octanol–water partition coefficient (Wildman–Crippen LogP) is 2.11. The van der Waals surface area contributed by atoms with Gasteiger partial charge in [-0.05, 0) is 30.9 Å². The van der Waals surface area contributed by atoms with E-state index in [1.165, 1.54) is 0 Å². The second-order valence-corrected chi connectivity index (χ2v) is 7.87. The quantitative estimate of drug-likeness (QED) is 0.860. The zero-order chi connectivity index (χ0) is 20.4. The molecule has 0 unspecified atom stereocenters. The average Bonchev–Trinajstić information content (AvgIpc) is 2.73. The third-order valence-corrected chi connectivity index (χ3v) is 5.71. The number of hydrogen-bond acceptors (Lipinski definition) is 4. The molecule has 4 rings (SSSR count). The summed E-state index contributed by atoms with van der Waals surface area (Å²) in [5.41, 5.74) is 1.90. The highest BCUT2D eigenvalue weighted by Gasteiger charge is 2.37. The largest absolute Gasteiger partial charge is 0.445 e. The zero-order valence-corrected chi connectivity index (χ0v) is 16.4. The molecule has 1 N–H and O–H groups in total. The standard InChI is InChI=1S/C22H25N3O4/c1-15(23-22(28)29-14-16-6-3-2-4-7-16)21(27)24-11-17-10-18(13-24)19-8-5-9-20(26)25(19)12-17/h2-9,15,17-18H,10-14H2,1H3,(H,23,28)/t15-,17-,18-/m1/s1. The van der Waals surface area contributed by atoms with Crippen LogP contribution >= 0.6 is 0 Å². The van der Waals surface area contributed by atoms with Gasteiger partial charge in [-0.3, -0.25) is 9.59 Å². The Morgan fingerprint density at radius 1 is 1.10 bits per heavy atom. The fourth-order valence-electron chi connectivity index (χ4n) is 4.35. The lowest BCUT2D eigenvalue weighted by atomic mass is 9.83. The van der Waals surface area contributed by atoms with Crippen LogP contribution in [-0.4, -0.2) is 40.6 Å². The molecule has 1 saturated heterocycles. The van der Waals surface area contributed by atoms with Crippen LogP contribution in [0.5, 0.6) is 0 Å². The molecule has 0 radical (unpaired) electrons. The summed E-state index contributed by atoms with van der Waals surface area (Å²) in [5.74, 6) is 0.281. The molecule has 0 spiro atoms. The lowest BCUT2D eigenvalue weighted by Crippen LogP contribution is -2.54. The summed E-state index contributed by atoms with van der Waals surface area (Å²) in [7, 11) is 0. The number of amides is 2. The van der Waals surface area contributed by atoms with E-state index in [9.17, 15) is 14.4 Å². The SMILES string of the molecule is C[C@@H](NC(=O)OCc1ccccc1)C(=O)N1C[C@H]2C[C@H](C1)c1cccc(=O)n1C2. The first-order valence-electron chi connectivity index (χ1n) is 9.97. The smallest absolute Gasteiger partial charge is 0.408 e. The Bertz CT molecular complexity index is 956. The van der Waals surface area contributed by atoms with Gasteiger partial charge in [0.25, 0.3) is 5.56 Å². The number of nitrogens with zero attached hydrogens (tertiary/aromatic N) is 2. The Kier molecular flexibility index (Phi) is 5.38. The molecule has 1 aromatic carbocycles. The number of carbonyl (C=O) groups excluding carboxylic acids is 2. The highest BCUT2D eigenvalue weighted by atomic mass is 16.5. The lowest BCUT2D eigenvalue weighted by Gasteiger charge is -2.43. The summed E-state index contributed by atoms with van der Waals surface area (Å²) in [5, 5.41) is 2.63. The highest BCUT2D eigenvalue weighted by Crippen LogP contribution is 2.35. The van der Waals surface area contributed by atoms with E-state index in [1.54, 1.807) is 19.1 Å². The third-order valence-electron chi connectivity index (χ3n) is 5.71. The van der Waals surface area contributed by atoms with Crippen LogP contribution in [-0.2, 0) is 22.7 Å². The Balaban J connectivity index is 1.35. The molecule has 7 nitrogen and oxygen atoms in total. The molecule has 7 heteroatoms. The molecule has 29 heavy (non-hydrogen) atoms. The predicted molar refractivity (Wildman–Crippen MR) is 107 cm³/mol. The topological polar surface area (TPSA) is 80.6 Å². The summed E-state index contributed by atoms with van der Waals surface area (Å²) >= 11 is 0. The van der Waals surface area contributed by atoms with Crippen LogP contribution in [0.15, 0.2) is 53.3 Å². The number of aromatic nitrogens is 1. The first-order chi connectivity index (χ1) is 14.0. The molecule has 2 amide bonds. The fraction of sp³-hybridized carbons (Fsp3) is 0.409. The molecule has 3 atom stereocenters. The molecule has 3 heterocycles. The summed E-state index contributed by atoms with van der Waals surface area (Å²) in [4.78, 5) is 38.9. The number of rotatable bonds is 4. The van der Waals surface area contributed by atoms with Crippen LogP contribution in [0.4, 0.5) is 4.79 Å². The van der Waals surface area contributed by atoms with Gasteiger partial charge in [0.05, 0.1) is 0 Å². The van der Waals surface area contributed by atoms with E-state index < -0.39 is 12.1 Å². The maximum absolute atomic E-state index is 12.9. The van der Waals surface area contributed by atoms with Gasteiger partial charge in [0.15, 0.2) is 0 Å². The van der Waals surface area contributed by atoms with Crippen molar-refractivity contribution in [2.45, 2.75) is 38.5 Å². The van der Waals surface area contributed by atoms with E-state index >= 15 is 0 Å². The summed E-state index contributed by atoms with van der Waals surface area (Å²) < 4.78 is 7.05. The minimum Gasteiger partial charge on any atom is -0.445 e. The Morgan fingerprint density at radius 3 is 2.69 bits per heavy atom. The number of carbonyl (C=O) groups is 2. The first-order valence-corrected chi connectivity index (χ1v) is 9.97. The molecule has 1 fully saturated rings. The van der Waals surface area contributed by atoms with Crippen LogP contribution in [0.3, 0.4) is 0 Å². The van der Waals surface area contributed by atoms with Gasteiger partial charge in [-0.25, -0.2) is 4.79 Å². The number of alkyl carbamates (subject to hydrolysis) is 1. The molecular formula is C22H25N3O4. The van der Waals surface area contributed by atoms with Crippen molar-refractivity contribution in [3.8, 4) is 0 Å². The monoisotopic (exact) mass is 395 g/mol. The van der Waals surface area contributed by atoms with Crippen molar-refractivity contribution in [2.24, 2.45) is 5.92 Å². The Hall–Kier alpha value is -3.09. The molecule has 2 aromatic rings. The van der Waals surface area contributed by atoms with Crippen molar-refractivity contribution < 1.29 is 14.3 Å². The maximum atomic E-state index is 12.9. The van der Waals surface area contributed by atoms with Gasteiger partial charge in [0.1, 0.15) is 12.6 Å². The fourth-order valence-corrected chi connectivity index (χ4v) is 4.35. The highest BCUT2D eigenvalue weighted by molar-refractivity contribution is 5.85. The number of fused-ring (bicyclic) bond motifs is 4. The van der Waals surface area contributed by atoms with E-state index in [2.05, 4.69) is 5.32 Å².